The molecule has 1 heterocycles. The lowest BCUT2D eigenvalue weighted by atomic mass is 10.2. The Hall–Kier alpha value is -0.0400. The van der Waals surface area contributed by atoms with Gasteiger partial charge in [0.1, 0.15) is 6.61 Å². The largest absolute Gasteiger partial charge is 0.375 e. The van der Waals surface area contributed by atoms with Gasteiger partial charge in [0, 0.05) is 26.9 Å². The first-order chi connectivity index (χ1) is 8.54. The second-order valence-corrected chi connectivity index (χ2v) is 6.06. The quantitative estimate of drug-likeness (QED) is 0.717. The van der Waals surface area contributed by atoms with Crippen LogP contribution in [0.4, 0.5) is 8.78 Å². The first kappa shape index (κ1) is 16.0. The van der Waals surface area contributed by atoms with E-state index in [4.69, 9.17) is 4.74 Å². The molecule has 0 aliphatic rings. The first-order valence-corrected chi connectivity index (χ1v) is 7.50. The summed E-state index contributed by atoms with van der Waals surface area (Å²) in [4.78, 5) is 2.43. The number of nitrogens with one attached hydrogen (secondary N) is 1. The van der Waals surface area contributed by atoms with E-state index in [1.54, 1.807) is 11.3 Å². The molecular weight excluding hydrogens is 324 g/mol. The van der Waals surface area contributed by atoms with Gasteiger partial charge in [0.15, 0.2) is 0 Å². The zero-order valence-electron chi connectivity index (χ0n) is 10.5. The van der Waals surface area contributed by atoms with E-state index in [0.29, 0.717) is 13.0 Å². The van der Waals surface area contributed by atoms with Crippen LogP contribution in [0.15, 0.2) is 10.5 Å². The normalized spacial score (nSPS) is 13.2. The second kappa shape index (κ2) is 8.19. The summed E-state index contributed by atoms with van der Waals surface area (Å²) in [6.45, 7) is 4.79. The third kappa shape index (κ3) is 5.30. The van der Waals surface area contributed by atoms with Gasteiger partial charge in [-0.3, -0.25) is 0 Å². The molecule has 0 saturated heterocycles. The molecule has 0 saturated carbocycles. The molecule has 0 fully saturated rings. The molecule has 1 rings (SSSR count). The van der Waals surface area contributed by atoms with E-state index in [2.05, 4.69) is 34.2 Å². The molecule has 18 heavy (non-hydrogen) atoms. The Morgan fingerprint density at radius 2 is 2.22 bits per heavy atom. The predicted molar refractivity (Wildman–Crippen MR) is 74.6 cm³/mol. The van der Waals surface area contributed by atoms with Gasteiger partial charge < -0.3 is 10.1 Å². The van der Waals surface area contributed by atoms with Crippen LogP contribution in [0.5, 0.6) is 0 Å². The summed E-state index contributed by atoms with van der Waals surface area (Å²) in [7, 11) is 0. The third-order valence-electron chi connectivity index (χ3n) is 2.46. The van der Waals surface area contributed by atoms with Crippen LogP contribution < -0.4 is 5.32 Å². The highest BCUT2D eigenvalue weighted by atomic mass is 79.9. The predicted octanol–water partition coefficient (Wildman–Crippen LogP) is 4.14. The fraction of sp³-hybridized carbons (Fsp3) is 0.667. The molecule has 0 radical (unpaired) electrons. The van der Waals surface area contributed by atoms with Crippen molar-refractivity contribution < 1.29 is 13.5 Å². The second-order valence-electron chi connectivity index (χ2n) is 3.92. The number of hydrogen-bond donors (Lipinski definition) is 1. The molecule has 1 atom stereocenters. The van der Waals surface area contributed by atoms with Crippen molar-refractivity contribution in [3.05, 3.63) is 20.3 Å². The van der Waals surface area contributed by atoms with Gasteiger partial charge in [-0.05, 0) is 41.9 Å². The average Bonchev–Trinajstić information content (AvgIpc) is 2.63. The molecular formula is C12H18BrF2NOS. The molecule has 0 aliphatic carbocycles. The van der Waals surface area contributed by atoms with Crippen molar-refractivity contribution in [1.29, 1.82) is 0 Å². The Bertz CT molecular complexity index is 340. The van der Waals surface area contributed by atoms with E-state index in [1.807, 2.05) is 6.92 Å². The van der Waals surface area contributed by atoms with Gasteiger partial charge >= 0.3 is 0 Å². The molecule has 1 aromatic rings. The van der Waals surface area contributed by atoms with Crippen LogP contribution in [0.25, 0.3) is 0 Å². The number of ether oxygens (including phenoxy) is 1. The average molecular weight is 342 g/mol. The fourth-order valence-electron chi connectivity index (χ4n) is 1.62. The number of thiophene rings is 1. The Morgan fingerprint density at radius 1 is 1.50 bits per heavy atom. The minimum atomic E-state index is -2.39. The SMILES string of the molecule is CCNC(CCOCC(F)F)c1cc(Br)c(C)s1. The minimum absolute atomic E-state index is 0.169. The van der Waals surface area contributed by atoms with Crippen molar-refractivity contribution in [2.45, 2.75) is 32.7 Å². The Labute approximate surface area is 119 Å². The van der Waals surface area contributed by atoms with Gasteiger partial charge in [0.25, 0.3) is 6.43 Å². The first-order valence-electron chi connectivity index (χ1n) is 5.89. The van der Waals surface area contributed by atoms with Gasteiger partial charge in [-0.25, -0.2) is 8.78 Å². The maximum absolute atomic E-state index is 11.9. The van der Waals surface area contributed by atoms with Gasteiger partial charge in [-0.2, -0.15) is 0 Å². The van der Waals surface area contributed by atoms with Gasteiger partial charge in [-0.15, -0.1) is 11.3 Å². The molecule has 1 aromatic heterocycles. The minimum Gasteiger partial charge on any atom is -0.375 e. The molecule has 0 aromatic carbocycles. The highest BCUT2D eigenvalue weighted by molar-refractivity contribution is 9.10. The molecule has 0 aliphatic heterocycles. The van der Waals surface area contributed by atoms with Crippen molar-refractivity contribution in [1.82, 2.24) is 5.32 Å². The van der Waals surface area contributed by atoms with E-state index in [-0.39, 0.29) is 6.04 Å². The highest BCUT2D eigenvalue weighted by Gasteiger charge is 2.14. The van der Waals surface area contributed by atoms with E-state index < -0.39 is 13.0 Å². The summed E-state index contributed by atoms with van der Waals surface area (Å²) in [5.41, 5.74) is 0. The molecule has 2 nitrogen and oxygen atoms in total. The number of aryl methyl sites for hydroxylation is 1. The van der Waals surface area contributed by atoms with Crippen LogP contribution >= 0.6 is 27.3 Å². The van der Waals surface area contributed by atoms with E-state index >= 15 is 0 Å². The van der Waals surface area contributed by atoms with Crippen LogP contribution in [-0.4, -0.2) is 26.2 Å². The van der Waals surface area contributed by atoms with Crippen LogP contribution in [0.3, 0.4) is 0 Å². The van der Waals surface area contributed by atoms with Gasteiger partial charge in [-0.1, -0.05) is 6.92 Å². The molecule has 104 valence electrons. The Balaban J connectivity index is 2.49. The monoisotopic (exact) mass is 341 g/mol. The Kier molecular flexibility index (Phi) is 7.29. The van der Waals surface area contributed by atoms with Gasteiger partial charge in [0.2, 0.25) is 0 Å². The van der Waals surface area contributed by atoms with Crippen LogP contribution in [0, 0.1) is 6.92 Å². The van der Waals surface area contributed by atoms with Crippen LogP contribution in [-0.2, 0) is 4.74 Å². The lowest BCUT2D eigenvalue weighted by Crippen LogP contribution is -2.22. The van der Waals surface area contributed by atoms with E-state index in [9.17, 15) is 8.78 Å². The number of halogens is 3. The Morgan fingerprint density at radius 3 is 2.72 bits per heavy atom. The fourth-order valence-corrected chi connectivity index (χ4v) is 3.29. The summed E-state index contributed by atoms with van der Waals surface area (Å²) in [5.74, 6) is 0. The molecule has 1 unspecified atom stereocenters. The van der Waals surface area contributed by atoms with Crippen LogP contribution in [0.2, 0.25) is 0 Å². The summed E-state index contributed by atoms with van der Waals surface area (Å²) >= 11 is 5.20. The third-order valence-corrected chi connectivity index (χ3v) is 4.72. The molecule has 1 N–H and O–H groups in total. The number of rotatable bonds is 8. The summed E-state index contributed by atoms with van der Waals surface area (Å²) in [6.07, 6.45) is -1.69. The van der Waals surface area contributed by atoms with Gasteiger partial charge in [0.05, 0.1) is 0 Å². The molecule has 6 heteroatoms. The topological polar surface area (TPSA) is 21.3 Å². The van der Waals surface area contributed by atoms with Crippen molar-refractivity contribution in [3.63, 3.8) is 0 Å². The summed E-state index contributed by atoms with van der Waals surface area (Å²) < 4.78 is 29.9. The van der Waals surface area contributed by atoms with Crippen LogP contribution in [0.1, 0.15) is 29.1 Å². The smallest absolute Gasteiger partial charge is 0.261 e. The standard InChI is InChI=1S/C12H18BrF2NOS/c1-3-16-10(4-5-17-7-12(14)15)11-6-9(13)8(2)18-11/h6,10,12,16H,3-5,7H2,1-2H3. The lowest BCUT2D eigenvalue weighted by Gasteiger charge is -2.16. The van der Waals surface area contributed by atoms with Crippen molar-refractivity contribution in [3.8, 4) is 0 Å². The van der Waals surface area contributed by atoms with E-state index in [1.165, 1.54) is 9.75 Å². The number of alkyl halides is 2. The molecule has 0 bridgehead atoms. The van der Waals surface area contributed by atoms with Crippen molar-refractivity contribution in [2.24, 2.45) is 0 Å². The van der Waals surface area contributed by atoms with Crippen molar-refractivity contribution >= 4 is 27.3 Å². The molecule has 0 amide bonds. The zero-order chi connectivity index (χ0) is 13.5. The van der Waals surface area contributed by atoms with Crippen molar-refractivity contribution in [2.75, 3.05) is 19.8 Å². The highest BCUT2D eigenvalue weighted by Crippen LogP contribution is 2.31. The zero-order valence-corrected chi connectivity index (χ0v) is 12.9. The summed E-state index contributed by atoms with van der Waals surface area (Å²) in [6, 6.07) is 2.25. The maximum Gasteiger partial charge on any atom is 0.261 e. The number of hydrogen-bond acceptors (Lipinski definition) is 3. The molecule has 0 spiro atoms. The maximum atomic E-state index is 11.9. The summed E-state index contributed by atoms with van der Waals surface area (Å²) in [5, 5.41) is 3.35. The lowest BCUT2D eigenvalue weighted by molar-refractivity contribution is 0.0145. The van der Waals surface area contributed by atoms with E-state index in [0.717, 1.165) is 11.0 Å².